The number of nitrogens with zero attached hydrogens (tertiary/aromatic N) is 1. The molecule has 2 fully saturated rings. The molecule has 13 nitrogen and oxygen atoms in total. The van der Waals surface area contributed by atoms with Gasteiger partial charge in [-0.1, -0.05) is 18.2 Å². The molecular formula is C30H35NO12. The zero-order valence-corrected chi connectivity index (χ0v) is 24.5. The molecule has 1 spiro atoms. The molecule has 3 aliphatic heterocycles. The average Bonchev–Trinajstić information content (AvgIpc) is 3.30. The molecule has 0 saturated carbocycles. The van der Waals surface area contributed by atoms with Crippen LogP contribution >= 0.6 is 0 Å². The largest absolute Gasteiger partial charge is 0.504 e. The van der Waals surface area contributed by atoms with Crippen LogP contribution < -0.4 is 4.74 Å². The number of rotatable bonds is 6. The van der Waals surface area contributed by atoms with Crippen LogP contribution in [0.5, 0.6) is 11.5 Å². The standard InChI is InChI=1S/C30H35NO12/c1-13(32)38-23-24(39-14(2)33)26(40-15(3)34)29(43-25(23)28(36)37-5)41-20-9-7-17-18-12-16-6-8-19(35)22-21(16)30(17,27(20)42-22)10-11-31(18)4/h6-9,17-18,20,23-27,29,35H,10-12H2,1-5H3/t17-,18+,20-,23-,24-,25-,26+,27-,29+,30-/m0/s1. The van der Waals surface area contributed by atoms with Gasteiger partial charge in [-0.15, -0.1) is 0 Å². The summed E-state index contributed by atoms with van der Waals surface area (Å²) in [5.74, 6) is -2.69. The van der Waals surface area contributed by atoms with Gasteiger partial charge in [0.25, 0.3) is 0 Å². The lowest BCUT2D eigenvalue weighted by Gasteiger charge is -2.57. The van der Waals surface area contributed by atoms with E-state index in [0.29, 0.717) is 5.75 Å². The van der Waals surface area contributed by atoms with Gasteiger partial charge in [0, 0.05) is 43.7 Å². The molecule has 0 unspecified atom stereocenters. The van der Waals surface area contributed by atoms with E-state index in [-0.39, 0.29) is 17.7 Å². The van der Waals surface area contributed by atoms with E-state index in [1.165, 1.54) is 0 Å². The van der Waals surface area contributed by atoms with Gasteiger partial charge in [0.1, 0.15) is 12.2 Å². The van der Waals surface area contributed by atoms with Crippen LogP contribution in [0.3, 0.4) is 0 Å². The molecule has 3 heterocycles. The first kappa shape index (κ1) is 29.4. The Morgan fingerprint density at radius 1 is 0.977 bits per heavy atom. The predicted octanol–water partition coefficient (Wildman–Crippen LogP) is 0.915. The summed E-state index contributed by atoms with van der Waals surface area (Å²) in [4.78, 5) is 51.7. The molecule has 232 valence electrons. The third-order valence-electron chi connectivity index (χ3n) is 9.26. The Hall–Kier alpha value is -3.68. The number of aromatic hydroxyl groups is 1. The Kier molecular flexibility index (Phi) is 7.38. The van der Waals surface area contributed by atoms with Crippen LogP contribution in [0.4, 0.5) is 0 Å². The third kappa shape index (κ3) is 4.64. The number of piperidine rings is 1. The highest BCUT2D eigenvalue weighted by Gasteiger charge is 2.65. The molecule has 0 radical (unpaired) electrons. The fourth-order valence-electron chi connectivity index (χ4n) is 7.68. The molecule has 1 aromatic rings. The number of likely N-dealkylation sites (tertiary alicyclic amines) is 1. The van der Waals surface area contributed by atoms with Crippen molar-refractivity contribution in [2.75, 3.05) is 20.7 Å². The summed E-state index contributed by atoms with van der Waals surface area (Å²) in [6.07, 6.45) is -3.36. The number of esters is 4. The van der Waals surface area contributed by atoms with E-state index in [1.807, 2.05) is 12.1 Å². The van der Waals surface area contributed by atoms with Gasteiger partial charge in [-0.2, -0.15) is 0 Å². The van der Waals surface area contributed by atoms with Gasteiger partial charge in [0.15, 0.2) is 35.9 Å². The summed E-state index contributed by atoms with van der Waals surface area (Å²) in [7, 11) is 3.23. The zero-order valence-electron chi connectivity index (χ0n) is 24.5. The van der Waals surface area contributed by atoms with Crippen molar-refractivity contribution in [2.45, 2.75) is 88.0 Å². The molecule has 0 aromatic heterocycles. The highest BCUT2D eigenvalue weighted by molar-refractivity contribution is 5.77. The van der Waals surface area contributed by atoms with Crippen molar-refractivity contribution in [1.82, 2.24) is 4.90 Å². The smallest absolute Gasteiger partial charge is 0.339 e. The van der Waals surface area contributed by atoms with Crippen molar-refractivity contribution in [2.24, 2.45) is 5.92 Å². The summed E-state index contributed by atoms with van der Waals surface area (Å²) in [6.45, 7) is 4.20. The first-order valence-corrected chi connectivity index (χ1v) is 14.3. The molecule has 1 aromatic carbocycles. The summed E-state index contributed by atoms with van der Waals surface area (Å²) >= 11 is 0. The Bertz CT molecular complexity index is 1380. The molecule has 43 heavy (non-hydrogen) atoms. The van der Waals surface area contributed by atoms with E-state index in [2.05, 4.69) is 18.0 Å². The Morgan fingerprint density at radius 3 is 2.33 bits per heavy atom. The first-order chi connectivity index (χ1) is 20.5. The molecule has 2 aliphatic carbocycles. The number of carbonyl (C=O) groups is 4. The minimum Gasteiger partial charge on any atom is -0.504 e. The Labute approximate surface area is 247 Å². The van der Waals surface area contributed by atoms with Gasteiger partial charge >= 0.3 is 23.9 Å². The molecule has 5 aliphatic rings. The average molecular weight is 602 g/mol. The van der Waals surface area contributed by atoms with Crippen molar-refractivity contribution in [3.8, 4) is 11.5 Å². The number of likely N-dealkylation sites (N-methyl/N-ethyl adjacent to an activating group) is 1. The van der Waals surface area contributed by atoms with Crippen LogP contribution in [0.1, 0.15) is 38.3 Å². The first-order valence-electron chi connectivity index (χ1n) is 14.3. The maximum Gasteiger partial charge on any atom is 0.339 e. The zero-order chi connectivity index (χ0) is 30.8. The topological polar surface area (TPSA) is 156 Å². The summed E-state index contributed by atoms with van der Waals surface area (Å²) in [6, 6.07) is 3.79. The van der Waals surface area contributed by atoms with Gasteiger partial charge in [0.05, 0.1) is 7.11 Å². The normalized spacial score (nSPS) is 37.0. The van der Waals surface area contributed by atoms with E-state index in [4.69, 9.17) is 33.2 Å². The lowest BCUT2D eigenvalue weighted by Crippen LogP contribution is -2.67. The maximum absolute atomic E-state index is 12.9. The van der Waals surface area contributed by atoms with Gasteiger partial charge in [-0.25, -0.2) is 4.79 Å². The fraction of sp³-hybridized carbons (Fsp3) is 0.600. The van der Waals surface area contributed by atoms with Crippen LogP contribution in [0.25, 0.3) is 0 Å². The monoisotopic (exact) mass is 601 g/mol. The molecule has 1 N–H and O–H groups in total. The Morgan fingerprint density at radius 2 is 1.65 bits per heavy atom. The molecule has 6 rings (SSSR count). The highest BCUT2D eigenvalue weighted by atomic mass is 16.7. The predicted molar refractivity (Wildman–Crippen MR) is 144 cm³/mol. The number of carbonyl (C=O) groups excluding carboxylic acids is 4. The molecular weight excluding hydrogens is 566 g/mol. The second-order valence-corrected chi connectivity index (χ2v) is 11.7. The van der Waals surface area contributed by atoms with E-state index >= 15 is 0 Å². The maximum atomic E-state index is 12.9. The van der Waals surface area contributed by atoms with Crippen molar-refractivity contribution < 1.29 is 57.4 Å². The van der Waals surface area contributed by atoms with E-state index in [0.717, 1.165) is 58.4 Å². The lowest BCUT2D eigenvalue weighted by atomic mass is 9.53. The van der Waals surface area contributed by atoms with Crippen LogP contribution in [0.2, 0.25) is 0 Å². The number of hydrogen-bond donors (Lipinski definition) is 1. The lowest BCUT2D eigenvalue weighted by molar-refractivity contribution is -0.313. The second kappa shape index (κ2) is 10.8. The summed E-state index contributed by atoms with van der Waals surface area (Å²) in [5.41, 5.74) is 1.57. The minimum atomic E-state index is -1.58. The molecule has 13 heteroatoms. The van der Waals surface area contributed by atoms with E-state index < -0.39 is 72.2 Å². The van der Waals surface area contributed by atoms with Crippen molar-refractivity contribution in [3.63, 3.8) is 0 Å². The quantitative estimate of drug-likeness (QED) is 0.279. The second-order valence-electron chi connectivity index (χ2n) is 11.7. The molecule has 10 atom stereocenters. The van der Waals surface area contributed by atoms with E-state index in [1.54, 1.807) is 6.07 Å². The van der Waals surface area contributed by atoms with E-state index in [9.17, 15) is 24.3 Å². The van der Waals surface area contributed by atoms with Crippen LogP contribution in [-0.2, 0) is 59.4 Å². The number of phenolic OH excluding ortho intramolecular Hbond substituents is 1. The number of hydrogen-bond acceptors (Lipinski definition) is 13. The third-order valence-corrected chi connectivity index (χ3v) is 9.26. The summed E-state index contributed by atoms with van der Waals surface area (Å²) in [5, 5.41) is 10.8. The van der Waals surface area contributed by atoms with Crippen molar-refractivity contribution >= 4 is 23.9 Å². The van der Waals surface area contributed by atoms with Crippen molar-refractivity contribution in [1.29, 1.82) is 0 Å². The molecule has 2 saturated heterocycles. The van der Waals surface area contributed by atoms with Crippen molar-refractivity contribution in [3.05, 3.63) is 35.4 Å². The van der Waals surface area contributed by atoms with Crippen LogP contribution in [-0.4, -0.2) is 104 Å². The Balaban J connectivity index is 1.40. The van der Waals surface area contributed by atoms with Gasteiger partial charge in [-0.05, 0) is 38.1 Å². The van der Waals surface area contributed by atoms with Gasteiger partial charge < -0.3 is 43.2 Å². The fourth-order valence-corrected chi connectivity index (χ4v) is 7.68. The van der Waals surface area contributed by atoms with Gasteiger partial charge in [-0.3, -0.25) is 14.4 Å². The number of ether oxygens (including phenoxy) is 7. The summed E-state index contributed by atoms with van der Waals surface area (Å²) < 4.78 is 40.3. The number of phenols is 1. The highest BCUT2D eigenvalue weighted by Crippen LogP contribution is 2.62. The van der Waals surface area contributed by atoms with Gasteiger partial charge in [0.2, 0.25) is 6.29 Å². The number of benzene rings is 1. The molecule has 2 bridgehead atoms. The van der Waals surface area contributed by atoms with Crippen LogP contribution in [0.15, 0.2) is 24.3 Å². The number of methoxy groups -OCH3 is 1. The minimum absolute atomic E-state index is 0.0361. The SMILES string of the molecule is COC(=O)[C@H]1O[C@@H](O[C@H]2C=C[C@H]3[C@H]4Cc5ccc(O)c6c5[C@@]3(CCN4C)[C@H]2O6)[C@H](OC(C)=O)[C@@H](OC(C)=O)[C@@H]1OC(C)=O. The van der Waals surface area contributed by atoms with Crippen LogP contribution in [0, 0.1) is 5.92 Å². The molecule has 0 amide bonds.